The van der Waals surface area contributed by atoms with Crippen molar-refractivity contribution in [2.24, 2.45) is 0 Å². The van der Waals surface area contributed by atoms with Crippen molar-refractivity contribution in [2.45, 2.75) is 0 Å². The molecule has 3 rings (SSSR count). The smallest absolute Gasteiger partial charge is 0.292 e. The number of halogens is 1. The van der Waals surface area contributed by atoms with E-state index in [9.17, 15) is 19.3 Å². The monoisotopic (exact) mass is 330 g/mol. The Morgan fingerprint density at radius 3 is 2.54 bits per heavy atom. The average Bonchev–Trinajstić information content (AvgIpc) is 2.61. The maximum absolute atomic E-state index is 13.1. The summed E-state index contributed by atoms with van der Waals surface area (Å²) < 4.78 is 13.1. The fourth-order valence-electron chi connectivity index (χ4n) is 2.75. The number of pyridine rings is 1. The number of anilines is 1. The van der Waals surface area contributed by atoms with Crippen molar-refractivity contribution in [3.8, 4) is 0 Å². The van der Waals surface area contributed by atoms with Crippen molar-refractivity contribution < 1.29 is 14.1 Å². The molecule has 7 nitrogen and oxygen atoms in total. The fraction of sp³-hybridized carbons (Fsp3) is 0.250. The van der Waals surface area contributed by atoms with E-state index in [1.165, 1.54) is 18.3 Å². The molecule has 1 fully saturated rings. The number of nitrogens with zero attached hydrogens (tertiary/aromatic N) is 4. The Hall–Kier alpha value is -3.03. The third-order valence-electron chi connectivity index (χ3n) is 3.96. The first kappa shape index (κ1) is 15.9. The van der Waals surface area contributed by atoms with Gasteiger partial charge in [-0.15, -0.1) is 0 Å². The van der Waals surface area contributed by atoms with Crippen molar-refractivity contribution in [1.82, 2.24) is 9.88 Å². The molecule has 0 spiro atoms. The first-order chi connectivity index (χ1) is 11.6. The van der Waals surface area contributed by atoms with Gasteiger partial charge in [0.05, 0.1) is 4.92 Å². The minimum absolute atomic E-state index is 0.0495. The molecule has 1 saturated heterocycles. The van der Waals surface area contributed by atoms with Crippen LogP contribution in [0.15, 0.2) is 42.6 Å². The van der Waals surface area contributed by atoms with Crippen LogP contribution in [0.1, 0.15) is 10.4 Å². The van der Waals surface area contributed by atoms with Crippen LogP contribution in [-0.2, 0) is 0 Å². The summed E-state index contributed by atoms with van der Waals surface area (Å²) in [6, 6.07) is 9.12. The molecule has 2 heterocycles. The summed E-state index contributed by atoms with van der Waals surface area (Å²) in [6.45, 7) is 1.78. The van der Waals surface area contributed by atoms with Gasteiger partial charge in [-0.2, -0.15) is 4.39 Å². The highest BCUT2D eigenvalue weighted by Gasteiger charge is 2.26. The first-order valence-corrected chi connectivity index (χ1v) is 7.45. The first-order valence-electron chi connectivity index (χ1n) is 7.45. The van der Waals surface area contributed by atoms with Crippen LogP contribution in [0.5, 0.6) is 0 Å². The van der Waals surface area contributed by atoms with E-state index in [2.05, 4.69) is 4.98 Å². The third-order valence-corrected chi connectivity index (χ3v) is 3.96. The van der Waals surface area contributed by atoms with Gasteiger partial charge < -0.3 is 9.80 Å². The summed E-state index contributed by atoms with van der Waals surface area (Å²) in [6.07, 6.45) is 1.26. The van der Waals surface area contributed by atoms with Crippen LogP contribution in [0.25, 0.3) is 0 Å². The van der Waals surface area contributed by atoms with Crippen molar-refractivity contribution in [3.63, 3.8) is 0 Å². The normalized spacial score (nSPS) is 14.5. The molecular formula is C16H15FN4O3. The van der Waals surface area contributed by atoms with Gasteiger partial charge in [0, 0.05) is 50.1 Å². The van der Waals surface area contributed by atoms with Crippen molar-refractivity contribution in [3.05, 3.63) is 64.2 Å². The van der Waals surface area contributed by atoms with E-state index in [-0.39, 0.29) is 17.2 Å². The molecule has 2 aromatic rings. The number of carbonyl (C=O) groups is 1. The van der Waals surface area contributed by atoms with Crippen LogP contribution in [0, 0.1) is 16.1 Å². The second kappa shape index (κ2) is 6.61. The Morgan fingerprint density at radius 1 is 1.17 bits per heavy atom. The molecule has 1 aliphatic rings. The van der Waals surface area contributed by atoms with Gasteiger partial charge in [0.1, 0.15) is 5.69 Å². The lowest BCUT2D eigenvalue weighted by Gasteiger charge is -2.35. The molecule has 0 radical (unpaired) electrons. The van der Waals surface area contributed by atoms with Crippen molar-refractivity contribution in [2.75, 3.05) is 31.1 Å². The minimum atomic E-state index is -0.695. The molecule has 124 valence electrons. The largest absolute Gasteiger partial charge is 0.362 e. The Balaban J connectivity index is 1.70. The van der Waals surface area contributed by atoms with E-state index >= 15 is 0 Å². The van der Waals surface area contributed by atoms with Crippen LogP contribution in [0.2, 0.25) is 0 Å². The number of rotatable bonds is 3. The quantitative estimate of drug-likeness (QED) is 0.489. The fourth-order valence-corrected chi connectivity index (χ4v) is 2.75. The molecule has 0 atom stereocenters. The van der Waals surface area contributed by atoms with Gasteiger partial charge in [0.15, 0.2) is 0 Å². The molecule has 0 bridgehead atoms. The molecule has 0 saturated carbocycles. The molecule has 0 N–H and O–H groups in total. The Labute approximate surface area is 137 Å². The number of hydrogen-bond donors (Lipinski definition) is 0. The summed E-state index contributed by atoms with van der Waals surface area (Å²) in [5.74, 6) is -0.960. The van der Waals surface area contributed by atoms with Crippen molar-refractivity contribution >= 4 is 17.3 Å². The summed E-state index contributed by atoms with van der Waals surface area (Å²) in [5.41, 5.74) is 0.847. The number of para-hydroxylation sites is 2. The zero-order valence-electron chi connectivity index (χ0n) is 12.8. The lowest BCUT2D eigenvalue weighted by atomic mass is 10.2. The number of benzene rings is 1. The zero-order chi connectivity index (χ0) is 17.1. The van der Waals surface area contributed by atoms with E-state index in [1.807, 2.05) is 4.90 Å². The van der Waals surface area contributed by atoms with Gasteiger partial charge >= 0.3 is 0 Å². The number of amides is 1. The van der Waals surface area contributed by atoms with Gasteiger partial charge in [-0.3, -0.25) is 14.9 Å². The third kappa shape index (κ3) is 3.17. The van der Waals surface area contributed by atoms with Crippen molar-refractivity contribution in [1.29, 1.82) is 0 Å². The SMILES string of the molecule is O=C(c1ccnc(F)c1)N1CCN(c2ccccc2[N+](=O)[O-])CC1. The number of aromatic nitrogens is 1. The zero-order valence-corrected chi connectivity index (χ0v) is 12.8. The highest BCUT2D eigenvalue weighted by molar-refractivity contribution is 5.94. The maximum Gasteiger partial charge on any atom is 0.292 e. The molecular weight excluding hydrogens is 315 g/mol. The van der Waals surface area contributed by atoms with E-state index in [0.29, 0.717) is 31.9 Å². The minimum Gasteiger partial charge on any atom is -0.362 e. The highest BCUT2D eigenvalue weighted by Crippen LogP contribution is 2.28. The predicted molar refractivity (Wildman–Crippen MR) is 85.4 cm³/mol. The standard InChI is InChI=1S/C16H15FN4O3/c17-15-11-12(5-6-18-15)16(22)20-9-7-19(8-10-20)13-3-1-2-4-14(13)21(23)24/h1-6,11H,7-10H2. The van der Waals surface area contributed by atoms with Gasteiger partial charge in [0.25, 0.3) is 11.6 Å². The Bertz CT molecular complexity index is 775. The number of nitro benzene ring substituents is 1. The van der Waals surface area contributed by atoms with E-state index in [1.54, 1.807) is 23.1 Å². The second-order valence-corrected chi connectivity index (χ2v) is 5.39. The lowest BCUT2D eigenvalue weighted by molar-refractivity contribution is -0.384. The van der Waals surface area contributed by atoms with Gasteiger partial charge in [0.2, 0.25) is 5.95 Å². The molecule has 0 unspecified atom stereocenters. The molecule has 0 aliphatic carbocycles. The van der Waals surface area contributed by atoms with Gasteiger partial charge in [-0.1, -0.05) is 12.1 Å². The van der Waals surface area contributed by atoms with Crippen LogP contribution < -0.4 is 4.90 Å². The van der Waals surface area contributed by atoms with Crippen LogP contribution in [0.3, 0.4) is 0 Å². The lowest BCUT2D eigenvalue weighted by Crippen LogP contribution is -2.49. The van der Waals surface area contributed by atoms with Gasteiger partial charge in [-0.05, 0) is 12.1 Å². The second-order valence-electron chi connectivity index (χ2n) is 5.39. The van der Waals surface area contributed by atoms with Crippen LogP contribution in [-0.4, -0.2) is 46.9 Å². The number of piperazine rings is 1. The van der Waals surface area contributed by atoms with Crippen LogP contribution >= 0.6 is 0 Å². The summed E-state index contributed by atoms with van der Waals surface area (Å²) in [5, 5.41) is 11.1. The summed E-state index contributed by atoms with van der Waals surface area (Å²) in [4.78, 5) is 30.0. The molecule has 1 amide bonds. The molecule has 8 heteroatoms. The van der Waals surface area contributed by atoms with E-state index in [4.69, 9.17) is 0 Å². The van der Waals surface area contributed by atoms with Crippen LogP contribution in [0.4, 0.5) is 15.8 Å². The average molecular weight is 330 g/mol. The topological polar surface area (TPSA) is 79.6 Å². The summed E-state index contributed by atoms with van der Waals surface area (Å²) >= 11 is 0. The Kier molecular flexibility index (Phi) is 4.37. The van der Waals surface area contributed by atoms with E-state index in [0.717, 1.165) is 6.07 Å². The Morgan fingerprint density at radius 2 is 1.88 bits per heavy atom. The number of carbonyl (C=O) groups excluding carboxylic acids is 1. The highest BCUT2D eigenvalue weighted by atomic mass is 19.1. The predicted octanol–water partition coefficient (Wildman–Crippen LogP) is 2.09. The summed E-state index contributed by atoms with van der Waals surface area (Å²) in [7, 11) is 0. The molecule has 24 heavy (non-hydrogen) atoms. The maximum atomic E-state index is 13.1. The number of nitro groups is 1. The molecule has 1 aromatic heterocycles. The van der Waals surface area contributed by atoms with Gasteiger partial charge in [-0.25, -0.2) is 4.98 Å². The van der Waals surface area contributed by atoms with E-state index < -0.39 is 10.9 Å². The molecule has 1 aliphatic heterocycles. The number of hydrogen-bond acceptors (Lipinski definition) is 5. The molecule has 1 aromatic carbocycles.